The van der Waals surface area contributed by atoms with E-state index in [4.69, 9.17) is 5.26 Å². The molecule has 0 saturated carbocycles. The Morgan fingerprint density at radius 1 is 1.59 bits per heavy atom. The number of nitro benzene ring substituents is 1. The largest absolute Gasteiger partial charge is 0.509 e. The van der Waals surface area contributed by atoms with Gasteiger partial charge in [-0.25, -0.2) is 4.79 Å². The van der Waals surface area contributed by atoms with Crippen LogP contribution in [0.4, 0.5) is 10.5 Å². The van der Waals surface area contributed by atoms with Gasteiger partial charge in [0.25, 0.3) is 5.69 Å². The highest BCUT2D eigenvalue weighted by atomic mass is 16.7. The molecule has 7 heteroatoms. The molecule has 0 aliphatic carbocycles. The fourth-order valence-corrected chi connectivity index (χ4v) is 1.11. The zero-order valence-corrected chi connectivity index (χ0v) is 8.82. The molecule has 7 nitrogen and oxygen atoms in total. The molecule has 0 aliphatic heterocycles. The molecule has 1 aromatic rings. The van der Waals surface area contributed by atoms with Crippen LogP contribution in [0.1, 0.15) is 11.7 Å². The first-order valence-electron chi connectivity index (χ1n) is 4.47. The summed E-state index contributed by atoms with van der Waals surface area (Å²) in [6.07, 6.45) is -2.26. The van der Waals surface area contributed by atoms with Crippen molar-refractivity contribution in [3.63, 3.8) is 0 Å². The highest BCUT2D eigenvalue weighted by Gasteiger charge is 2.18. The molecule has 1 aromatic carbocycles. The average molecular weight is 236 g/mol. The maximum absolute atomic E-state index is 10.8. The molecule has 0 spiro atoms. The Kier molecular flexibility index (Phi) is 4.00. The number of carbonyl (C=O) groups is 1. The lowest BCUT2D eigenvalue weighted by atomic mass is 10.1. The number of methoxy groups -OCH3 is 1. The smallest absolute Gasteiger partial charge is 0.438 e. The predicted molar refractivity (Wildman–Crippen MR) is 54.9 cm³/mol. The highest BCUT2D eigenvalue weighted by molar-refractivity contribution is 5.60. The van der Waals surface area contributed by atoms with Crippen LogP contribution >= 0.6 is 0 Å². The van der Waals surface area contributed by atoms with Gasteiger partial charge in [-0.3, -0.25) is 10.1 Å². The summed E-state index contributed by atoms with van der Waals surface area (Å²) in [5, 5.41) is 19.3. The summed E-state index contributed by atoms with van der Waals surface area (Å²) in [5.74, 6) is 0. The summed E-state index contributed by atoms with van der Waals surface area (Å²) >= 11 is 0. The molecule has 0 amide bonds. The van der Waals surface area contributed by atoms with Crippen molar-refractivity contribution in [2.24, 2.45) is 0 Å². The first-order chi connectivity index (χ1) is 8.08. The van der Waals surface area contributed by atoms with Crippen LogP contribution in [0.25, 0.3) is 0 Å². The number of nitriles is 1. The lowest BCUT2D eigenvalue weighted by molar-refractivity contribution is -0.385. The van der Waals surface area contributed by atoms with E-state index >= 15 is 0 Å². The Balaban J connectivity index is 2.97. The number of rotatable bonds is 3. The third-order valence-corrected chi connectivity index (χ3v) is 1.88. The van der Waals surface area contributed by atoms with Gasteiger partial charge in [0.05, 0.1) is 12.0 Å². The standard InChI is InChI=1S/C10H8N2O5/c1-16-10(13)17-9(6-11)7-3-2-4-8(5-7)12(14)15/h2-5,9H,1H3. The summed E-state index contributed by atoms with van der Waals surface area (Å²) in [4.78, 5) is 20.8. The predicted octanol–water partition coefficient (Wildman–Crippen LogP) is 1.94. The molecule has 1 unspecified atom stereocenters. The van der Waals surface area contributed by atoms with Crippen molar-refractivity contribution in [3.8, 4) is 6.07 Å². The molecule has 0 saturated heterocycles. The van der Waals surface area contributed by atoms with Gasteiger partial charge < -0.3 is 9.47 Å². The van der Waals surface area contributed by atoms with Gasteiger partial charge in [0.15, 0.2) is 0 Å². The maximum atomic E-state index is 10.8. The lowest BCUT2D eigenvalue weighted by Gasteiger charge is -2.09. The van der Waals surface area contributed by atoms with Gasteiger partial charge in [0.2, 0.25) is 6.10 Å². The summed E-state index contributed by atoms with van der Waals surface area (Å²) in [6.45, 7) is 0. The van der Waals surface area contributed by atoms with Gasteiger partial charge in [-0.2, -0.15) is 5.26 Å². The Morgan fingerprint density at radius 3 is 2.82 bits per heavy atom. The van der Waals surface area contributed by atoms with Crippen molar-refractivity contribution >= 4 is 11.8 Å². The zero-order valence-electron chi connectivity index (χ0n) is 8.82. The highest BCUT2D eigenvalue weighted by Crippen LogP contribution is 2.21. The van der Waals surface area contributed by atoms with Crippen molar-refractivity contribution in [3.05, 3.63) is 39.9 Å². The summed E-state index contributed by atoms with van der Waals surface area (Å²) in [5.41, 5.74) is 0.0308. The van der Waals surface area contributed by atoms with Crippen molar-refractivity contribution in [1.82, 2.24) is 0 Å². The van der Waals surface area contributed by atoms with Crippen LogP contribution in [0, 0.1) is 21.4 Å². The second kappa shape index (κ2) is 5.46. The van der Waals surface area contributed by atoms with E-state index in [1.165, 1.54) is 18.2 Å². The number of ether oxygens (including phenoxy) is 2. The van der Waals surface area contributed by atoms with E-state index in [0.29, 0.717) is 0 Å². The zero-order chi connectivity index (χ0) is 12.8. The molecule has 0 aliphatic rings. The van der Waals surface area contributed by atoms with Crippen molar-refractivity contribution in [1.29, 1.82) is 5.26 Å². The third kappa shape index (κ3) is 3.17. The molecule has 1 atom stereocenters. The molecule has 0 N–H and O–H groups in total. The van der Waals surface area contributed by atoms with E-state index in [9.17, 15) is 14.9 Å². The minimum Gasteiger partial charge on any atom is -0.438 e. The van der Waals surface area contributed by atoms with Crippen LogP contribution in [0.15, 0.2) is 24.3 Å². The number of hydrogen-bond acceptors (Lipinski definition) is 6. The molecule has 0 radical (unpaired) electrons. The third-order valence-electron chi connectivity index (χ3n) is 1.88. The summed E-state index contributed by atoms with van der Waals surface area (Å²) in [6, 6.07) is 6.99. The molecule has 0 heterocycles. The van der Waals surface area contributed by atoms with Crippen LogP contribution in [-0.2, 0) is 9.47 Å². The Hall–Kier alpha value is -2.62. The molecule has 17 heavy (non-hydrogen) atoms. The van der Waals surface area contributed by atoms with Gasteiger partial charge in [0.1, 0.15) is 6.07 Å². The van der Waals surface area contributed by atoms with Gasteiger partial charge in [-0.1, -0.05) is 12.1 Å². The number of benzene rings is 1. The van der Waals surface area contributed by atoms with Crippen molar-refractivity contribution in [2.45, 2.75) is 6.10 Å². The monoisotopic (exact) mass is 236 g/mol. The van der Waals surface area contributed by atoms with E-state index in [-0.39, 0.29) is 11.3 Å². The molecule has 0 aromatic heterocycles. The molecular weight excluding hydrogens is 228 g/mol. The minimum atomic E-state index is -1.23. The van der Waals surface area contributed by atoms with Crippen LogP contribution in [0.3, 0.4) is 0 Å². The molecule has 0 fully saturated rings. The quantitative estimate of drug-likeness (QED) is 0.451. The number of hydrogen-bond donors (Lipinski definition) is 0. The first kappa shape index (κ1) is 12.4. The van der Waals surface area contributed by atoms with Gasteiger partial charge in [-0.15, -0.1) is 0 Å². The second-order valence-corrected chi connectivity index (χ2v) is 2.93. The summed E-state index contributed by atoms with van der Waals surface area (Å²) < 4.78 is 8.86. The SMILES string of the molecule is COC(=O)OC(C#N)c1cccc([N+](=O)[O-])c1. The molecule has 0 bridgehead atoms. The van der Waals surface area contributed by atoms with E-state index < -0.39 is 17.2 Å². The number of carbonyl (C=O) groups excluding carboxylic acids is 1. The second-order valence-electron chi connectivity index (χ2n) is 2.93. The van der Waals surface area contributed by atoms with E-state index in [0.717, 1.165) is 13.2 Å². The van der Waals surface area contributed by atoms with Crippen LogP contribution in [0.2, 0.25) is 0 Å². The lowest BCUT2D eigenvalue weighted by Crippen LogP contribution is -2.10. The molecular formula is C10H8N2O5. The molecule has 1 rings (SSSR count). The fourth-order valence-electron chi connectivity index (χ4n) is 1.11. The summed E-state index contributed by atoms with van der Waals surface area (Å²) in [7, 11) is 1.10. The minimum absolute atomic E-state index is 0.184. The number of nitrogens with zero attached hydrogens (tertiary/aromatic N) is 2. The van der Waals surface area contributed by atoms with Crippen molar-refractivity contribution < 1.29 is 19.2 Å². The van der Waals surface area contributed by atoms with Crippen LogP contribution in [0.5, 0.6) is 0 Å². The molecule has 88 valence electrons. The van der Waals surface area contributed by atoms with Crippen molar-refractivity contribution in [2.75, 3.05) is 7.11 Å². The Morgan fingerprint density at radius 2 is 2.29 bits per heavy atom. The van der Waals surface area contributed by atoms with Crippen LogP contribution < -0.4 is 0 Å². The number of non-ortho nitro benzene ring substituents is 1. The van der Waals surface area contributed by atoms with E-state index in [1.807, 2.05) is 0 Å². The van der Waals surface area contributed by atoms with Gasteiger partial charge >= 0.3 is 6.16 Å². The van der Waals surface area contributed by atoms with Gasteiger partial charge in [0, 0.05) is 17.7 Å². The fraction of sp³-hybridized carbons (Fsp3) is 0.200. The van der Waals surface area contributed by atoms with E-state index in [1.54, 1.807) is 6.07 Å². The van der Waals surface area contributed by atoms with Gasteiger partial charge in [-0.05, 0) is 0 Å². The normalized spacial score (nSPS) is 11.1. The maximum Gasteiger partial charge on any atom is 0.509 e. The van der Waals surface area contributed by atoms with E-state index in [2.05, 4.69) is 9.47 Å². The Bertz CT molecular complexity index is 480. The average Bonchev–Trinajstić information content (AvgIpc) is 2.35. The number of nitro groups is 1. The van der Waals surface area contributed by atoms with Crippen LogP contribution in [-0.4, -0.2) is 18.2 Å². The Labute approximate surface area is 96.3 Å². The topological polar surface area (TPSA) is 102 Å². The first-order valence-corrected chi connectivity index (χ1v) is 4.47.